The zero-order chi connectivity index (χ0) is 20.1. The van der Waals surface area contributed by atoms with E-state index in [0.29, 0.717) is 12.1 Å². The molecule has 1 amide bonds. The van der Waals surface area contributed by atoms with Crippen molar-refractivity contribution in [1.29, 1.82) is 0 Å². The van der Waals surface area contributed by atoms with Crippen LogP contribution in [-0.2, 0) is 12.2 Å². The number of benzene rings is 2. The lowest BCUT2D eigenvalue weighted by Crippen LogP contribution is -2.25. The number of carbonyl (C=O) groups is 1. The number of pyridine rings is 1. The van der Waals surface area contributed by atoms with Gasteiger partial charge >= 0.3 is 0 Å². The Hall–Kier alpha value is -3.05. The van der Waals surface area contributed by atoms with Crippen LogP contribution < -0.4 is 5.32 Å². The summed E-state index contributed by atoms with van der Waals surface area (Å²) in [5.74, 6) is 0.763. The molecule has 0 saturated carbocycles. The van der Waals surface area contributed by atoms with E-state index in [1.165, 1.54) is 11.1 Å². The van der Waals surface area contributed by atoms with Crippen molar-refractivity contribution < 1.29 is 4.79 Å². The fraction of sp³-hybridized carbons (Fsp3) is 0.167. The molecule has 0 aliphatic heterocycles. The number of carbonyl (C=O) groups excluding carboxylic acids is 1. The molecule has 0 spiro atoms. The van der Waals surface area contributed by atoms with Crippen molar-refractivity contribution in [2.24, 2.45) is 0 Å². The Labute approximate surface area is 175 Å². The summed E-state index contributed by atoms with van der Waals surface area (Å²) in [6.07, 6.45) is 4.89. The molecule has 0 fully saturated rings. The topological polar surface area (TPSA) is 46.4 Å². The zero-order valence-corrected chi connectivity index (χ0v) is 17.2. The van der Waals surface area contributed by atoms with Gasteiger partial charge in [-0.3, -0.25) is 4.79 Å². The first-order valence-corrected chi connectivity index (χ1v) is 10.7. The van der Waals surface area contributed by atoms with Gasteiger partial charge in [0.1, 0.15) is 5.65 Å². The molecule has 5 heteroatoms. The summed E-state index contributed by atoms with van der Waals surface area (Å²) in [6.45, 7) is 2.71. The number of fused-ring (bicyclic) bond motifs is 1. The van der Waals surface area contributed by atoms with Gasteiger partial charge in [0.25, 0.3) is 5.91 Å². The second-order valence-corrected chi connectivity index (χ2v) is 8.06. The van der Waals surface area contributed by atoms with Gasteiger partial charge in [0.05, 0.1) is 5.69 Å². The molecule has 1 N–H and O–H groups in total. The Balaban J connectivity index is 1.28. The molecule has 0 radical (unpaired) electrons. The van der Waals surface area contributed by atoms with E-state index in [1.54, 1.807) is 11.8 Å². The molecule has 0 atom stereocenters. The predicted octanol–water partition coefficient (Wildman–Crippen LogP) is 4.91. The van der Waals surface area contributed by atoms with Crippen molar-refractivity contribution in [1.82, 2.24) is 14.7 Å². The summed E-state index contributed by atoms with van der Waals surface area (Å²) in [5.41, 5.74) is 5.17. The van der Waals surface area contributed by atoms with E-state index in [4.69, 9.17) is 0 Å². The van der Waals surface area contributed by atoms with E-state index in [-0.39, 0.29) is 5.91 Å². The van der Waals surface area contributed by atoms with E-state index >= 15 is 0 Å². The third-order valence-corrected chi connectivity index (χ3v) is 5.74. The molecule has 2 aromatic heterocycles. The molecule has 4 rings (SSSR count). The third-order valence-electron chi connectivity index (χ3n) is 4.70. The van der Waals surface area contributed by atoms with Crippen molar-refractivity contribution in [3.05, 3.63) is 102 Å². The molecule has 146 valence electrons. The fourth-order valence-corrected chi connectivity index (χ4v) is 3.99. The van der Waals surface area contributed by atoms with Gasteiger partial charge in [0.15, 0.2) is 0 Å². The average molecular weight is 402 g/mol. The number of nitrogens with one attached hydrogen (secondary N) is 1. The van der Waals surface area contributed by atoms with E-state index in [1.807, 2.05) is 53.1 Å². The Morgan fingerprint density at radius 1 is 1.07 bits per heavy atom. The lowest BCUT2D eigenvalue weighted by Gasteiger charge is -2.07. The van der Waals surface area contributed by atoms with Gasteiger partial charge in [0, 0.05) is 35.2 Å². The van der Waals surface area contributed by atoms with Crippen molar-refractivity contribution in [3.63, 3.8) is 0 Å². The van der Waals surface area contributed by atoms with Gasteiger partial charge < -0.3 is 9.72 Å². The number of thioether (sulfide) groups is 1. The minimum Gasteiger partial charge on any atom is -0.352 e. The average Bonchev–Trinajstić information content (AvgIpc) is 3.16. The van der Waals surface area contributed by atoms with Crippen LogP contribution in [0.25, 0.3) is 5.65 Å². The first kappa shape index (κ1) is 19.3. The van der Waals surface area contributed by atoms with Gasteiger partial charge in [-0.05, 0) is 55.3 Å². The molecular weight excluding hydrogens is 378 g/mol. The SMILES string of the molecule is Cc1cccc(CCNC(=O)c2ccc(SCc3cn4ccccc4n3)cc2)c1. The molecule has 4 aromatic rings. The quantitative estimate of drug-likeness (QED) is 0.448. The van der Waals surface area contributed by atoms with Crippen molar-refractivity contribution in [3.8, 4) is 0 Å². The molecule has 2 heterocycles. The summed E-state index contributed by atoms with van der Waals surface area (Å²) in [6, 6.07) is 22.1. The Bertz CT molecular complexity index is 1090. The van der Waals surface area contributed by atoms with E-state index in [9.17, 15) is 4.79 Å². The van der Waals surface area contributed by atoms with Crippen LogP contribution in [0.2, 0.25) is 0 Å². The van der Waals surface area contributed by atoms with Gasteiger partial charge in [-0.25, -0.2) is 4.98 Å². The summed E-state index contributed by atoms with van der Waals surface area (Å²) >= 11 is 1.72. The number of rotatable bonds is 7. The molecule has 4 nitrogen and oxygen atoms in total. The highest BCUT2D eigenvalue weighted by atomic mass is 32.2. The van der Waals surface area contributed by atoms with Crippen molar-refractivity contribution in [2.45, 2.75) is 24.0 Å². The van der Waals surface area contributed by atoms with Gasteiger partial charge in [-0.15, -0.1) is 11.8 Å². The molecule has 0 unspecified atom stereocenters. The van der Waals surface area contributed by atoms with Gasteiger partial charge in [-0.2, -0.15) is 0 Å². The first-order valence-electron chi connectivity index (χ1n) is 9.66. The van der Waals surface area contributed by atoms with Gasteiger partial charge in [-0.1, -0.05) is 35.9 Å². The van der Waals surface area contributed by atoms with Crippen molar-refractivity contribution >= 4 is 23.3 Å². The standard InChI is InChI=1S/C24H23N3OS/c1-18-5-4-6-19(15-18)12-13-25-24(28)20-8-10-22(11-9-20)29-17-21-16-27-14-3-2-7-23(27)26-21/h2-11,14-16H,12-13,17H2,1H3,(H,25,28). The lowest BCUT2D eigenvalue weighted by molar-refractivity contribution is 0.0954. The van der Waals surface area contributed by atoms with Crippen LogP contribution >= 0.6 is 11.8 Å². The number of amides is 1. The van der Waals surface area contributed by atoms with Crippen LogP contribution in [0.1, 0.15) is 27.2 Å². The molecule has 2 aromatic carbocycles. The van der Waals surface area contributed by atoms with Gasteiger partial charge in [0.2, 0.25) is 0 Å². The monoisotopic (exact) mass is 401 g/mol. The van der Waals surface area contributed by atoms with Crippen LogP contribution in [0.4, 0.5) is 0 Å². The van der Waals surface area contributed by atoms with Crippen molar-refractivity contribution in [2.75, 3.05) is 6.54 Å². The fourth-order valence-electron chi connectivity index (χ4n) is 3.21. The second-order valence-electron chi connectivity index (χ2n) is 7.01. The maximum atomic E-state index is 12.4. The minimum atomic E-state index is -0.0328. The van der Waals surface area contributed by atoms with Crippen LogP contribution in [0.15, 0.2) is 84.0 Å². The molecule has 0 aliphatic rings. The normalized spacial score (nSPS) is 10.9. The smallest absolute Gasteiger partial charge is 0.251 e. The van der Waals surface area contributed by atoms with Crippen LogP contribution in [0, 0.1) is 6.92 Å². The number of imidazole rings is 1. The van der Waals surface area contributed by atoms with E-state index in [0.717, 1.165) is 28.4 Å². The Morgan fingerprint density at radius 3 is 2.72 bits per heavy atom. The van der Waals surface area contributed by atoms with Crippen LogP contribution in [-0.4, -0.2) is 21.8 Å². The Kier molecular flexibility index (Phi) is 5.96. The van der Waals surface area contributed by atoms with E-state index < -0.39 is 0 Å². The van der Waals surface area contributed by atoms with Crippen LogP contribution in [0.5, 0.6) is 0 Å². The maximum absolute atomic E-state index is 12.4. The van der Waals surface area contributed by atoms with E-state index in [2.05, 4.69) is 47.7 Å². The van der Waals surface area contributed by atoms with Crippen LogP contribution in [0.3, 0.4) is 0 Å². The molecule has 0 saturated heterocycles. The molecular formula is C24H23N3OS. The minimum absolute atomic E-state index is 0.0328. The summed E-state index contributed by atoms with van der Waals surface area (Å²) in [7, 11) is 0. The number of hydrogen-bond donors (Lipinski definition) is 1. The molecule has 0 aliphatic carbocycles. The maximum Gasteiger partial charge on any atom is 0.251 e. The zero-order valence-electron chi connectivity index (χ0n) is 16.3. The Morgan fingerprint density at radius 2 is 1.93 bits per heavy atom. The number of hydrogen-bond acceptors (Lipinski definition) is 3. The lowest BCUT2D eigenvalue weighted by atomic mass is 10.1. The molecule has 29 heavy (non-hydrogen) atoms. The summed E-state index contributed by atoms with van der Waals surface area (Å²) in [4.78, 5) is 18.1. The largest absolute Gasteiger partial charge is 0.352 e. The highest BCUT2D eigenvalue weighted by Gasteiger charge is 2.06. The highest BCUT2D eigenvalue weighted by molar-refractivity contribution is 7.98. The first-order chi connectivity index (χ1) is 14.2. The number of nitrogens with zero attached hydrogens (tertiary/aromatic N) is 2. The highest BCUT2D eigenvalue weighted by Crippen LogP contribution is 2.23. The molecule has 0 bridgehead atoms. The number of aromatic nitrogens is 2. The summed E-state index contributed by atoms with van der Waals surface area (Å²) < 4.78 is 2.03. The predicted molar refractivity (Wildman–Crippen MR) is 118 cm³/mol. The summed E-state index contributed by atoms with van der Waals surface area (Å²) in [5, 5.41) is 3.00. The number of aryl methyl sites for hydroxylation is 1. The third kappa shape index (κ3) is 5.06. The second kappa shape index (κ2) is 8.97.